The highest BCUT2D eigenvalue weighted by Gasteiger charge is 2.43. The second-order valence-electron chi connectivity index (χ2n) is 7.60. The van der Waals surface area contributed by atoms with Gasteiger partial charge in [0.2, 0.25) is 0 Å². The van der Waals surface area contributed by atoms with E-state index in [1.165, 1.54) is 0 Å². The molecule has 0 amide bonds. The lowest BCUT2D eigenvalue weighted by Crippen LogP contribution is -2.50. The van der Waals surface area contributed by atoms with Crippen molar-refractivity contribution in [1.82, 2.24) is 0 Å². The average Bonchev–Trinajstić information content (AvgIpc) is 2.14. The van der Waals surface area contributed by atoms with Crippen molar-refractivity contribution in [3.63, 3.8) is 0 Å². The molecule has 0 bridgehead atoms. The van der Waals surface area contributed by atoms with Gasteiger partial charge in [0, 0.05) is 5.92 Å². The van der Waals surface area contributed by atoms with Gasteiger partial charge in [0.25, 0.3) is 0 Å². The molecule has 0 aromatic heterocycles. The molecule has 0 N–H and O–H groups in total. The molecule has 1 atom stereocenters. The Kier molecular flexibility index (Phi) is 4.39. The van der Waals surface area contributed by atoms with Gasteiger partial charge in [0.1, 0.15) is 0 Å². The van der Waals surface area contributed by atoms with Gasteiger partial charge in [-0.1, -0.05) is 26.8 Å². The van der Waals surface area contributed by atoms with Crippen LogP contribution in [-0.2, 0) is 4.43 Å². The fraction of sp³-hybridized carbons (Fsp3) is 0.867. The highest BCUT2D eigenvalue weighted by atomic mass is 28.4. The second-order valence-corrected chi connectivity index (χ2v) is 12.3. The van der Waals surface area contributed by atoms with Crippen LogP contribution in [0.4, 0.5) is 0 Å². The van der Waals surface area contributed by atoms with Gasteiger partial charge in [0.05, 0.1) is 5.60 Å². The van der Waals surface area contributed by atoms with Gasteiger partial charge >= 0.3 is 0 Å². The molecular formula is C15H29O2Si-. The van der Waals surface area contributed by atoms with Gasteiger partial charge in [-0.2, -0.15) is 0 Å². The Morgan fingerprint density at radius 3 is 2.22 bits per heavy atom. The zero-order valence-corrected chi connectivity index (χ0v) is 14.1. The summed E-state index contributed by atoms with van der Waals surface area (Å²) in [5.41, 5.74) is -0.223. The van der Waals surface area contributed by atoms with Crippen LogP contribution in [0, 0.1) is 5.92 Å². The summed E-state index contributed by atoms with van der Waals surface area (Å²) in [5, 5.41) is 11.8. The number of hydrogen-bond acceptors (Lipinski definition) is 2. The molecule has 0 aliphatic heterocycles. The van der Waals surface area contributed by atoms with E-state index in [0.29, 0.717) is 6.42 Å². The van der Waals surface area contributed by atoms with E-state index in [9.17, 15) is 5.11 Å². The quantitative estimate of drug-likeness (QED) is 0.729. The van der Waals surface area contributed by atoms with E-state index in [1.54, 1.807) is 0 Å². The smallest absolute Gasteiger partial charge is 0.192 e. The predicted molar refractivity (Wildman–Crippen MR) is 77.8 cm³/mol. The SMILES string of the molecule is CC(C)(O[Si](C)(C)C(C)(C)C)C1C=C([O-])CCC1. The fourth-order valence-electron chi connectivity index (χ4n) is 2.32. The number of rotatable bonds is 3. The van der Waals surface area contributed by atoms with Crippen LogP contribution >= 0.6 is 0 Å². The lowest BCUT2D eigenvalue weighted by atomic mass is 9.83. The molecule has 2 nitrogen and oxygen atoms in total. The molecule has 3 heteroatoms. The van der Waals surface area contributed by atoms with E-state index in [1.807, 2.05) is 6.08 Å². The topological polar surface area (TPSA) is 32.3 Å². The van der Waals surface area contributed by atoms with Gasteiger partial charge < -0.3 is 9.53 Å². The molecule has 0 fully saturated rings. The van der Waals surface area contributed by atoms with Crippen LogP contribution in [-0.4, -0.2) is 13.9 Å². The molecule has 0 saturated heterocycles. The fourth-order valence-corrected chi connectivity index (χ4v) is 4.09. The van der Waals surface area contributed by atoms with Gasteiger partial charge in [-0.15, -0.1) is 5.76 Å². The molecule has 106 valence electrons. The van der Waals surface area contributed by atoms with Gasteiger partial charge in [-0.3, -0.25) is 0 Å². The molecule has 18 heavy (non-hydrogen) atoms. The maximum Gasteiger partial charge on any atom is 0.192 e. The largest absolute Gasteiger partial charge is 0.876 e. The van der Waals surface area contributed by atoms with E-state index in [4.69, 9.17) is 4.43 Å². The van der Waals surface area contributed by atoms with Crippen LogP contribution in [0.5, 0.6) is 0 Å². The molecule has 1 rings (SSSR count). The standard InChI is InChI=1S/C15H30O2Si/c1-14(2,3)18(6,7)17-15(4,5)12-9-8-10-13(16)11-12/h11-12,16H,8-10H2,1-7H3/p-1. The Morgan fingerprint density at radius 2 is 1.78 bits per heavy atom. The van der Waals surface area contributed by atoms with E-state index >= 15 is 0 Å². The molecule has 0 heterocycles. The molecule has 0 spiro atoms. The summed E-state index contributed by atoms with van der Waals surface area (Å²) in [6, 6.07) is 0. The minimum absolute atomic E-state index is 0.211. The van der Waals surface area contributed by atoms with Crippen LogP contribution in [0.1, 0.15) is 53.9 Å². The minimum atomic E-state index is -1.78. The van der Waals surface area contributed by atoms with Crippen LogP contribution < -0.4 is 5.11 Å². The average molecular weight is 269 g/mol. The predicted octanol–water partition coefficient (Wildman–Crippen LogP) is 3.83. The van der Waals surface area contributed by atoms with Crippen LogP contribution in [0.2, 0.25) is 18.1 Å². The Hall–Kier alpha value is -0.283. The van der Waals surface area contributed by atoms with Crippen LogP contribution in [0.3, 0.4) is 0 Å². The van der Waals surface area contributed by atoms with Crippen molar-refractivity contribution in [2.45, 2.75) is 77.6 Å². The molecule has 0 aromatic carbocycles. The van der Waals surface area contributed by atoms with Crippen molar-refractivity contribution >= 4 is 8.32 Å². The van der Waals surface area contributed by atoms with E-state index in [0.717, 1.165) is 12.8 Å². The first-order valence-corrected chi connectivity index (χ1v) is 9.94. The Balaban J connectivity index is 2.85. The number of hydrogen-bond donors (Lipinski definition) is 0. The van der Waals surface area contributed by atoms with Crippen molar-refractivity contribution in [3.8, 4) is 0 Å². The molecule has 1 aliphatic rings. The van der Waals surface area contributed by atoms with Gasteiger partial charge in [-0.25, -0.2) is 0 Å². The van der Waals surface area contributed by atoms with Crippen molar-refractivity contribution in [2.75, 3.05) is 0 Å². The van der Waals surface area contributed by atoms with E-state index in [-0.39, 0.29) is 22.3 Å². The summed E-state index contributed by atoms with van der Waals surface area (Å²) in [6.07, 6.45) is 4.70. The summed E-state index contributed by atoms with van der Waals surface area (Å²) in [6.45, 7) is 15.6. The zero-order valence-electron chi connectivity index (χ0n) is 13.1. The summed E-state index contributed by atoms with van der Waals surface area (Å²) in [4.78, 5) is 0. The van der Waals surface area contributed by atoms with Crippen molar-refractivity contribution in [2.24, 2.45) is 5.92 Å². The lowest BCUT2D eigenvalue weighted by molar-refractivity contribution is -0.309. The van der Waals surface area contributed by atoms with Crippen molar-refractivity contribution in [3.05, 3.63) is 11.8 Å². The summed E-state index contributed by atoms with van der Waals surface area (Å²) >= 11 is 0. The third kappa shape index (κ3) is 3.61. The summed E-state index contributed by atoms with van der Waals surface area (Å²) < 4.78 is 6.53. The van der Waals surface area contributed by atoms with Crippen molar-refractivity contribution < 1.29 is 9.53 Å². The molecular weight excluding hydrogens is 240 g/mol. The molecule has 0 radical (unpaired) electrons. The van der Waals surface area contributed by atoms with Crippen molar-refractivity contribution in [1.29, 1.82) is 0 Å². The monoisotopic (exact) mass is 269 g/mol. The maximum absolute atomic E-state index is 11.6. The van der Waals surface area contributed by atoms with E-state index < -0.39 is 8.32 Å². The van der Waals surface area contributed by atoms with Gasteiger partial charge in [0.15, 0.2) is 8.32 Å². The minimum Gasteiger partial charge on any atom is -0.876 e. The highest BCUT2D eigenvalue weighted by Crippen LogP contribution is 2.42. The zero-order chi connectivity index (χ0) is 14.2. The summed E-state index contributed by atoms with van der Waals surface area (Å²) in [7, 11) is -1.78. The second kappa shape index (κ2) is 5.01. The maximum atomic E-state index is 11.6. The molecule has 0 aromatic rings. The first kappa shape index (κ1) is 15.8. The van der Waals surface area contributed by atoms with Crippen LogP contribution in [0.25, 0.3) is 0 Å². The third-order valence-corrected chi connectivity index (χ3v) is 9.19. The lowest BCUT2D eigenvalue weighted by Gasteiger charge is -2.46. The Labute approximate surface area is 114 Å². The van der Waals surface area contributed by atoms with E-state index in [2.05, 4.69) is 47.7 Å². The molecule has 1 unspecified atom stereocenters. The Morgan fingerprint density at radius 1 is 1.22 bits per heavy atom. The Bertz CT molecular complexity index is 324. The first-order valence-electron chi connectivity index (χ1n) is 7.03. The normalized spacial score (nSPS) is 22.8. The molecule has 0 saturated carbocycles. The highest BCUT2D eigenvalue weighted by molar-refractivity contribution is 6.74. The van der Waals surface area contributed by atoms with Crippen LogP contribution in [0.15, 0.2) is 11.8 Å². The molecule has 1 aliphatic carbocycles. The third-order valence-electron chi connectivity index (χ3n) is 4.54. The van der Waals surface area contributed by atoms with Gasteiger partial charge in [-0.05, 0) is 51.2 Å². The first-order chi connectivity index (χ1) is 7.96. The summed E-state index contributed by atoms with van der Waals surface area (Å²) in [5.74, 6) is 0.561. The number of allylic oxidation sites excluding steroid dienone is 1.